The number of hydrogen-bond donors (Lipinski definition) is 1. The highest BCUT2D eigenvalue weighted by Gasteiger charge is 2.08. The Bertz CT molecular complexity index is 368. The fourth-order valence-corrected chi connectivity index (χ4v) is 1.95. The fraction of sp³-hybridized carbons (Fsp3) is 0.600. The summed E-state index contributed by atoms with van der Waals surface area (Å²) < 4.78 is 19.2. The molecule has 1 aromatic carbocycles. The van der Waals surface area contributed by atoms with Crippen molar-refractivity contribution in [1.82, 2.24) is 0 Å². The van der Waals surface area contributed by atoms with Crippen LogP contribution >= 0.6 is 0 Å². The molecule has 2 N–H and O–H groups in total. The topological polar surface area (TPSA) is 35.2 Å². The van der Waals surface area contributed by atoms with E-state index in [-0.39, 0.29) is 18.0 Å². The molecular weight excluding hydrogens is 229 g/mol. The molecule has 0 aliphatic rings. The lowest BCUT2D eigenvalue weighted by Crippen LogP contribution is -2.21. The largest absolute Gasteiger partial charge is 0.491 e. The Morgan fingerprint density at radius 3 is 2.61 bits per heavy atom. The highest BCUT2D eigenvalue weighted by molar-refractivity contribution is 5.30. The van der Waals surface area contributed by atoms with Crippen molar-refractivity contribution in [2.45, 2.75) is 58.6 Å². The van der Waals surface area contributed by atoms with Crippen LogP contribution in [0.25, 0.3) is 0 Å². The molecule has 0 saturated heterocycles. The molecule has 2 unspecified atom stereocenters. The third kappa shape index (κ3) is 5.05. The minimum absolute atomic E-state index is 0.0766. The van der Waals surface area contributed by atoms with Crippen LogP contribution in [0.2, 0.25) is 0 Å². The van der Waals surface area contributed by atoms with Crippen LogP contribution in [0.5, 0.6) is 5.75 Å². The van der Waals surface area contributed by atoms with E-state index in [0.717, 1.165) is 24.8 Å². The number of rotatable bonds is 7. The molecule has 0 radical (unpaired) electrons. The normalized spacial score (nSPS) is 14.3. The summed E-state index contributed by atoms with van der Waals surface area (Å²) in [5.74, 6) is 0.351. The van der Waals surface area contributed by atoms with E-state index in [0.29, 0.717) is 12.2 Å². The molecule has 0 bridgehead atoms. The summed E-state index contributed by atoms with van der Waals surface area (Å²) in [6, 6.07) is 4.94. The van der Waals surface area contributed by atoms with Gasteiger partial charge in [0.1, 0.15) is 11.6 Å². The number of ether oxygens (including phenoxy) is 1. The van der Waals surface area contributed by atoms with Crippen molar-refractivity contribution in [3.63, 3.8) is 0 Å². The molecule has 0 amide bonds. The van der Waals surface area contributed by atoms with Gasteiger partial charge in [0.25, 0.3) is 0 Å². The van der Waals surface area contributed by atoms with Crippen LogP contribution in [0.15, 0.2) is 18.2 Å². The maximum atomic E-state index is 13.5. The number of hydrogen-bond acceptors (Lipinski definition) is 2. The van der Waals surface area contributed by atoms with E-state index >= 15 is 0 Å². The summed E-state index contributed by atoms with van der Waals surface area (Å²) in [5, 5.41) is 0. The Hall–Kier alpha value is -1.09. The van der Waals surface area contributed by atoms with Crippen molar-refractivity contribution in [2.75, 3.05) is 0 Å². The van der Waals surface area contributed by atoms with E-state index in [2.05, 4.69) is 6.92 Å². The second-order valence-corrected chi connectivity index (χ2v) is 4.88. The van der Waals surface area contributed by atoms with Crippen LogP contribution in [0.3, 0.4) is 0 Å². The van der Waals surface area contributed by atoms with Gasteiger partial charge < -0.3 is 10.5 Å². The van der Waals surface area contributed by atoms with Gasteiger partial charge in [-0.2, -0.15) is 0 Å². The van der Waals surface area contributed by atoms with Crippen molar-refractivity contribution in [1.29, 1.82) is 0 Å². The molecule has 102 valence electrons. The Labute approximate surface area is 109 Å². The molecule has 2 atom stereocenters. The molecule has 0 aromatic heterocycles. The second-order valence-electron chi connectivity index (χ2n) is 4.88. The average molecular weight is 253 g/mol. The van der Waals surface area contributed by atoms with Gasteiger partial charge in [-0.1, -0.05) is 20.3 Å². The predicted molar refractivity (Wildman–Crippen MR) is 73.4 cm³/mol. The molecule has 0 heterocycles. The lowest BCUT2D eigenvalue weighted by atomic mass is 10.0. The zero-order valence-corrected chi connectivity index (χ0v) is 11.6. The van der Waals surface area contributed by atoms with Gasteiger partial charge in [0.15, 0.2) is 0 Å². The minimum atomic E-state index is -0.255. The number of benzene rings is 1. The van der Waals surface area contributed by atoms with Crippen molar-refractivity contribution < 1.29 is 9.13 Å². The first-order valence-electron chi connectivity index (χ1n) is 6.76. The van der Waals surface area contributed by atoms with Gasteiger partial charge in [-0.25, -0.2) is 4.39 Å². The quantitative estimate of drug-likeness (QED) is 0.804. The van der Waals surface area contributed by atoms with Crippen molar-refractivity contribution in [3.8, 4) is 5.75 Å². The van der Waals surface area contributed by atoms with E-state index in [9.17, 15) is 4.39 Å². The molecule has 0 aliphatic carbocycles. The lowest BCUT2D eigenvalue weighted by Gasteiger charge is -2.15. The van der Waals surface area contributed by atoms with Gasteiger partial charge in [-0.3, -0.25) is 0 Å². The molecule has 2 nitrogen and oxygen atoms in total. The molecule has 1 aromatic rings. The minimum Gasteiger partial charge on any atom is -0.491 e. The monoisotopic (exact) mass is 253 g/mol. The predicted octanol–water partition coefficient (Wildman–Crippen LogP) is 3.67. The summed E-state index contributed by atoms with van der Waals surface area (Å²) in [4.78, 5) is 0. The van der Waals surface area contributed by atoms with E-state index in [4.69, 9.17) is 10.5 Å². The van der Waals surface area contributed by atoms with Crippen LogP contribution in [0.4, 0.5) is 4.39 Å². The van der Waals surface area contributed by atoms with Gasteiger partial charge in [0.2, 0.25) is 0 Å². The van der Waals surface area contributed by atoms with Crippen molar-refractivity contribution in [3.05, 3.63) is 29.6 Å². The first kappa shape index (κ1) is 15.0. The third-order valence-electron chi connectivity index (χ3n) is 2.99. The van der Waals surface area contributed by atoms with Gasteiger partial charge >= 0.3 is 0 Å². The Balaban J connectivity index is 2.74. The fourth-order valence-electron chi connectivity index (χ4n) is 1.95. The lowest BCUT2D eigenvalue weighted by molar-refractivity contribution is 0.209. The van der Waals surface area contributed by atoms with E-state index < -0.39 is 0 Å². The standard InChI is InChI=1S/C15H24FNO/c1-4-6-11(3)18-15-9-12(7-13(16)10-15)8-14(17)5-2/h7,9-11,14H,4-6,8,17H2,1-3H3. The molecule has 0 fully saturated rings. The van der Waals surface area contributed by atoms with E-state index in [1.807, 2.05) is 19.9 Å². The molecule has 18 heavy (non-hydrogen) atoms. The Kier molecular flexibility index (Phi) is 6.13. The highest BCUT2D eigenvalue weighted by Crippen LogP contribution is 2.20. The van der Waals surface area contributed by atoms with Crippen LogP contribution < -0.4 is 10.5 Å². The molecule has 3 heteroatoms. The van der Waals surface area contributed by atoms with Crippen LogP contribution in [-0.4, -0.2) is 12.1 Å². The maximum absolute atomic E-state index is 13.5. The Morgan fingerprint density at radius 1 is 1.28 bits per heavy atom. The van der Waals surface area contributed by atoms with Crippen LogP contribution in [0.1, 0.15) is 45.6 Å². The highest BCUT2D eigenvalue weighted by atomic mass is 19.1. The first-order chi connectivity index (χ1) is 8.55. The average Bonchev–Trinajstić information content (AvgIpc) is 2.28. The summed E-state index contributed by atoms with van der Waals surface area (Å²) in [6.45, 7) is 6.15. The van der Waals surface area contributed by atoms with Gasteiger partial charge in [-0.15, -0.1) is 0 Å². The SMILES string of the molecule is CCCC(C)Oc1cc(F)cc(CC(N)CC)c1. The number of halogens is 1. The zero-order chi connectivity index (χ0) is 13.5. The molecule has 1 rings (SSSR count). The molecule has 0 saturated carbocycles. The smallest absolute Gasteiger partial charge is 0.127 e. The number of nitrogens with two attached hydrogens (primary N) is 1. The van der Waals surface area contributed by atoms with Crippen LogP contribution in [-0.2, 0) is 6.42 Å². The summed E-state index contributed by atoms with van der Waals surface area (Å²) in [6.07, 6.45) is 3.72. The molecule has 0 aliphatic heterocycles. The van der Waals surface area contributed by atoms with E-state index in [1.165, 1.54) is 12.1 Å². The van der Waals surface area contributed by atoms with Gasteiger partial charge in [0, 0.05) is 12.1 Å². The summed E-state index contributed by atoms with van der Waals surface area (Å²) in [7, 11) is 0. The third-order valence-corrected chi connectivity index (χ3v) is 2.99. The van der Waals surface area contributed by atoms with Crippen molar-refractivity contribution >= 4 is 0 Å². The zero-order valence-electron chi connectivity index (χ0n) is 11.6. The second kappa shape index (κ2) is 7.37. The van der Waals surface area contributed by atoms with Crippen LogP contribution in [0, 0.1) is 5.82 Å². The first-order valence-corrected chi connectivity index (χ1v) is 6.76. The maximum Gasteiger partial charge on any atom is 0.127 e. The van der Waals surface area contributed by atoms with Gasteiger partial charge in [-0.05, 0) is 43.9 Å². The summed E-state index contributed by atoms with van der Waals surface area (Å²) in [5.41, 5.74) is 6.80. The van der Waals surface area contributed by atoms with Gasteiger partial charge in [0.05, 0.1) is 6.10 Å². The van der Waals surface area contributed by atoms with Crippen molar-refractivity contribution in [2.24, 2.45) is 5.73 Å². The van der Waals surface area contributed by atoms with E-state index in [1.54, 1.807) is 0 Å². The molecular formula is C15H24FNO. The summed E-state index contributed by atoms with van der Waals surface area (Å²) >= 11 is 0. The molecule has 0 spiro atoms. The Morgan fingerprint density at radius 2 is 2.00 bits per heavy atom.